The Hall–Kier alpha value is -1.00. The molecular weight excluding hydrogens is 414 g/mol. The molecule has 2 aromatic carbocycles. The van der Waals surface area contributed by atoms with Crippen molar-refractivity contribution in [3.8, 4) is 0 Å². The van der Waals surface area contributed by atoms with E-state index in [4.69, 9.17) is 51.5 Å². The minimum absolute atomic E-state index is 0.0869. The zero-order valence-electron chi connectivity index (χ0n) is 13.9. The fourth-order valence-corrected chi connectivity index (χ4v) is 3.17. The van der Waals surface area contributed by atoms with Gasteiger partial charge in [-0.15, -0.1) is 0 Å². The first-order valence-corrected chi connectivity index (χ1v) is 9.42. The van der Waals surface area contributed by atoms with Crippen LogP contribution in [0.5, 0.6) is 0 Å². The highest BCUT2D eigenvalue weighted by molar-refractivity contribution is 6.42. The van der Waals surface area contributed by atoms with Gasteiger partial charge in [-0.1, -0.05) is 70.7 Å². The molecular formula is C20H18Cl4O2. The van der Waals surface area contributed by atoms with Crippen LogP contribution in [0.25, 0.3) is 0 Å². The Morgan fingerprint density at radius 1 is 0.769 bits per heavy atom. The Bertz CT molecular complexity index is 829. The van der Waals surface area contributed by atoms with Crippen molar-refractivity contribution in [3.63, 3.8) is 0 Å². The molecule has 0 atom stereocenters. The third-order valence-electron chi connectivity index (χ3n) is 3.85. The van der Waals surface area contributed by atoms with E-state index in [9.17, 15) is 5.11 Å². The zero-order chi connectivity index (χ0) is 19.1. The number of benzene rings is 2. The van der Waals surface area contributed by atoms with Crippen molar-refractivity contribution in [2.24, 2.45) is 0 Å². The standard InChI is InChI=1S/C20H18Cl4O2/c21-17-5-3-13(10-19(17)23)8-15(2-1-7-25)16(12-26)9-14-4-6-18(22)20(24)11-14/h1-6,10-11,25-26H,7-9,12H2/b2-1+,16-15-. The largest absolute Gasteiger partial charge is 0.392 e. The molecule has 138 valence electrons. The minimum Gasteiger partial charge on any atom is -0.392 e. The van der Waals surface area contributed by atoms with Crippen LogP contribution >= 0.6 is 46.4 Å². The molecule has 2 N–H and O–H groups in total. The van der Waals surface area contributed by atoms with Crippen molar-refractivity contribution >= 4 is 46.4 Å². The Morgan fingerprint density at radius 3 is 1.77 bits per heavy atom. The molecule has 0 aliphatic rings. The number of aliphatic hydroxyl groups is 2. The summed E-state index contributed by atoms with van der Waals surface area (Å²) in [6.07, 6.45) is 4.51. The van der Waals surface area contributed by atoms with Gasteiger partial charge >= 0.3 is 0 Å². The summed E-state index contributed by atoms with van der Waals surface area (Å²) in [4.78, 5) is 0. The first-order chi connectivity index (χ1) is 12.4. The highest BCUT2D eigenvalue weighted by Gasteiger charge is 2.09. The van der Waals surface area contributed by atoms with Gasteiger partial charge in [-0.05, 0) is 59.4 Å². The lowest BCUT2D eigenvalue weighted by Gasteiger charge is -2.13. The molecule has 0 saturated carbocycles. The molecule has 0 spiro atoms. The molecule has 2 rings (SSSR count). The Kier molecular flexibility index (Phi) is 8.49. The fourth-order valence-electron chi connectivity index (χ4n) is 2.53. The summed E-state index contributed by atoms with van der Waals surface area (Å²) in [6, 6.07) is 10.8. The van der Waals surface area contributed by atoms with E-state index in [0.717, 1.165) is 22.3 Å². The van der Waals surface area contributed by atoms with Crippen LogP contribution in [0.15, 0.2) is 59.7 Å². The van der Waals surface area contributed by atoms with E-state index >= 15 is 0 Å². The van der Waals surface area contributed by atoms with E-state index in [-0.39, 0.29) is 13.2 Å². The summed E-state index contributed by atoms with van der Waals surface area (Å²) in [6.45, 7) is -0.205. The molecule has 0 unspecified atom stereocenters. The van der Waals surface area contributed by atoms with Crippen LogP contribution in [0.2, 0.25) is 20.1 Å². The molecule has 0 aliphatic carbocycles. The van der Waals surface area contributed by atoms with Crippen LogP contribution < -0.4 is 0 Å². The van der Waals surface area contributed by atoms with Gasteiger partial charge in [0, 0.05) is 0 Å². The van der Waals surface area contributed by atoms with Gasteiger partial charge in [-0.3, -0.25) is 0 Å². The maximum absolute atomic E-state index is 9.90. The van der Waals surface area contributed by atoms with Gasteiger partial charge in [0.2, 0.25) is 0 Å². The van der Waals surface area contributed by atoms with E-state index in [2.05, 4.69) is 0 Å². The van der Waals surface area contributed by atoms with Gasteiger partial charge in [-0.25, -0.2) is 0 Å². The second-order valence-corrected chi connectivity index (χ2v) is 7.35. The minimum atomic E-state index is -0.118. The van der Waals surface area contributed by atoms with Crippen LogP contribution in [0.4, 0.5) is 0 Å². The van der Waals surface area contributed by atoms with Crippen LogP contribution in [0, 0.1) is 0 Å². The smallest absolute Gasteiger partial charge is 0.0650 e. The third kappa shape index (κ3) is 6.02. The molecule has 0 saturated heterocycles. The van der Waals surface area contributed by atoms with E-state index in [0.29, 0.717) is 32.9 Å². The number of aliphatic hydroxyl groups excluding tert-OH is 2. The first kappa shape index (κ1) is 21.3. The average molecular weight is 432 g/mol. The zero-order valence-corrected chi connectivity index (χ0v) is 16.9. The monoisotopic (exact) mass is 430 g/mol. The second kappa shape index (κ2) is 10.4. The number of halogens is 4. The maximum Gasteiger partial charge on any atom is 0.0650 e. The van der Waals surface area contributed by atoms with Gasteiger partial charge < -0.3 is 10.2 Å². The molecule has 26 heavy (non-hydrogen) atoms. The number of allylic oxidation sites excluding steroid dienone is 2. The van der Waals surface area contributed by atoms with Crippen molar-refractivity contribution in [1.29, 1.82) is 0 Å². The van der Waals surface area contributed by atoms with E-state index in [1.165, 1.54) is 0 Å². The van der Waals surface area contributed by atoms with Crippen LogP contribution in [-0.2, 0) is 12.8 Å². The summed E-state index contributed by atoms with van der Waals surface area (Å²) in [7, 11) is 0. The molecule has 0 aromatic heterocycles. The molecule has 0 heterocycles. The van der Waals surface area contributed by atoms with Crippen molar-refractivity contribution < 1.29 is 10.2 Å². The predicted octanol–water partition coefficient (Wildman–Crippen LogP) is 5.92. The molecule has 0 amide bonds. The maximum atomic E-state index is 9.90. The fraction of sp³-hybridized carbons (Fsp3) is 0.200. The molecule has 0 fully saturated rings. The topological polar surface area (TPSA) is 40.5 Å². The Morgan fingerprint density at radius 2 is 1.31 bits per heavy atom. The number of hydrogen-bond acceptors (Lipinski definition) is 2. The average Bonchev–Trinajstić information content (AvgIpc) is 2.62. The number of rotatable bonds is 7. The summed E-state index contributed by atoms with van der Waals surface area (Å²) in [5, 5.41) is 21.0. The predicted molar refractivity (Wildman–Crippen MR) is 111 cm³/mol. The third-order valence-corrected chi connectivity index (χ3v) is 5.33. The summed E-state index contributed by atoms with van der Waals surface area (Å²) in [5.41, 5.74) is 3.61. The quantitative estimate of drug-likeness (QED) is 0.534. The first-order valence-electron chi connectivity index (χ1n) is 7.91. The summed E-state index contributed by atoms with van der Waals surface area (Å²) in [5.74, 6) is 0. The number of hydrogen-bond donors (Lipinski definition) is 2. The lowest BCUT2D eigenvalue weighted by Crippen LogP contribution is -2.03. The van der Waals surface area contributed by atoms with Gasteiger partial charge in [0.05, 0.1) is 33.3 Å². The van der Waals surface area contributed by atoms with Crippen LogP contribution in [-0.4, -0.2) is 23.4 Å². The Labute approximate surface area is 173 Å². The molecule has 0 aliphatic heterocycles. The van der Waals surface area contributed by atoms with E-state index in [1.807, 2.05) is 18.2 Å². The normalized spacial score (nSPS) is 12.5. The summed E-state index contributed by atoms with van der Waals surface area (Å²) < 4.78 is 0. The van der Waals surface area contributed by atoms with E-state index < -0.39 is 0 Å². The molecule has 2 aromatic rings. The van der Waals surface area contributed by atoms with Crippen molar-refractivity contribution in [3.05, 3.63) is 90.9 Å². The second-order valence-electron chi connectivity index (χ2n) is 5.72. The van der Waals surface area contributed by atoms with E-state index in [1.54, 1.807) is 30.3 Å². The molecule has 0 radical (unpaired) electrons. The SMILES string of the molecule is OC/C=C/C(Cc1ccc(Cl)c(Cl)c1)=C(/CO)Cc1ccc(Cl)c(Cl)c1. The summed E-state index contributed by atoms with van der Waals surface area (Å²) >= 11 is 24.1. The van der Waals surface area contributed by atoms with Gasteiger partial charge in [0.25, 0.3) is 0 Å². The van der Waals surface area contributed by atoms with Gasteiger partial charge in [0.15, 0.2) is 0 Å². The van der Waals surface area contributed by atoms with Crippen molar-refractivity contribution in [2.75, 3.05) is 13.2 Å². The molecule has 2 nitrogen and oxygen atoms in total. The lowest BCUT2D eigenvalue weighted by atomic mass is 9.95. The molecule has 0 bridgehead atoms. The molecule has 6 heteroatoms. The lowest BCUT2D eigenvalue weighted by molar-refractivity contribution is 0.327. The van der Waals surface area contributed by atoms with Gasteiger partial charge in [-0.2, -0.15) is 0 Å². The highest BCUT2D eigenvalue weighted by atomic mass is 35.5. The van der Waals surface area contributed by atoms with Crippen LogP contribution in [0.1, 0.15) is 11.1 Å². The highest BCUT2D eigenvalue weighted by Crippen LogP contribution is 2.27. The van der Waals surface area contributed by atoms with Crippen molar-refractivity contribution in [2.45, 2.75) is 12.8 Å². The van der Waals surface area contributed by atoms with Crippen molar-refractivity contribution in [1.82, 2.24) is 0 Å². The van der Waals surface area contributed by atoms with Crippen LogP contribution in [0.3, 0.4) is 0 Å². The Balaban J connectivity index is 2.36. The van der Waals surface area contributed by atoms with Gasteiger partial charge in [0.1, 0.15) is 0 Å².